The van der Waals surface area contributed by atoms with E-state index in [4.69, 9.17) is 14.1 Å². The molecule has 0 saturated carbocycles. The van der Waals surface area contributed by atoms with E-state index in [2.05, 4.69) is 54.5 Å². The van der Waals surface area contributed by atoms with Crippen LogP contribution in [0, 0.1) is 20.8 Å². The first-order valence-corrected chi connectivity index (χ1v) is 12.3. The molecule has 0 saturated heterocycles. The maximum atomic E-state index is 11.0. The number of carbonyl (C=O) groups excluding carboxylic acids is 2. The molecule has 1 heterocycles. The van der Waals surface area contributed by atoms with Gasteiger partial charge in [0.05, 0.1) is 5.69 Å². The lowest BCUT2D eigenvalue weighted by atomic mass is 10.1. The van der Waals surface area contributed by atoms with Gasteiger partial charge >= 0.3 is 0 Å². The Kier molecular flexibility index (Phi) is 26.1. The monoisotopic (exact) mass is 467 g/mol. The number of aryl methyl sites for hydroxylation is 3. The molecular weight excluding hydrogens is 426 g/mol. The molecule has 0 spiro atoms. The summed E-state index contributed by atoms with van der Waals surface area (Å²) in [7, 11) is -3.18. The van der Waals surface area contributed by atoms with Crippen LogP contribution in [0.3, 0.4) is 0 Å². The van der Waals surface area contributed by atoms with Gasteiger partial charge in [0.15, 0.2) is 15.6 Å². The van der Waals surface area contributed by atoms with Crippen LogP contribution in [0.2, 0.25) is 0 Å². The van der Waals surface area contributed by atoms with Crippen molar-refractivity contribution in [3.8, 4) is 0 Å². The van der Waals surface area contributed by atoms with Crippen LogP contribution < -0.4 is 0 Å². The fourth-order valence-corrected chi connectivity index (χ4v) is 3.45. The van der Waals surface area contributed by atoms with Crippen molar-refractivity contribution >= 4 is 34.2 Å². The molecule has 3 aromatic rings. The van der Waals surface area contributed by atoms with Gasteiger partial charge in [-0.3, -0.25) is 0 Å². The van der Waals surface area contributed by atoms with Crippen molar-refractivity contribution in [2.45, 2.75) is 67.2 Å². The van der Waals surface area contributed by atoms with Gasteiger partial charge < -0.3 is 14.1 Å². The maximum absolute atomic E-state index is 11.0. The van der Waals surface area contributed by atoms with Gasteiger partial charge in [-0.15, -0.1) is 0 Å². The number of carbonyl (C=O) groups is 2. The first-order valence-electron chi connectivity index (χ1n) is 10.4. The second-order valence-corrected chi connectivity index (χ2v) is 7.23. The Morgan fingerprint density at radius 1 is 0.750 bits per heavy atom. The van der Waals surface area contributed by atoms with Gasteiger partial charge in [-0.1, -0.05) is 94.7 Å². The smallest absolute Gasteiger partial charge is 0.180 e. The normalized spacial score (nSPS) is 8.44. The summed E-state index contributed by atoms with van der Waals surface area (Å²) < 4.78 is 26.8. The third-order valence-electron chi connectivity index (χ3n) is 3.24. The van der Waals surface area contributed by atoms with Crippen LogP contribution in [0.1, 0.15) is 58.6 Å². The lowest BCUT2D eigenvalue weighted by Gasteiger charge is -1.96. The largest absolute Gasteiger partial charge is 0.360 e. The van der Waals surface area contributed by atoms with Gasteiger partial charge in [-0.2, -0.15) is 0 Å². The van der Waals surface area contributed by atoms with Crippen LogP contribution in [0.15, 0.2) is 51.9 Å². The van der Waals surface area contributed by atoms with Crippen molar-refractivity contribution in [3.05, 3.63) is 59.5 Å². The Labute approximate surface area is 194 Å². The number of fused-ring (bicyclic) bond motifs is 1. The molecule has 0 aliphatic heterocycles. The third kappa shape index (κ3) is 14.2. The molecule has 2 aromatic carbocycles. The van der Waals surface area contributed by atoms with Gasteiger partial charge in [-0.25, -0.2) is 8.42 Å². The number of sulfone groups is 1. The number of rotatable bonds is 1. The summed E-state index contributed by atoms with van der Waals surface area (Å²) in [6.07, 6.45) is 1.14. The van der Waals surface area contributed by atoms with Gasteiger partial charge in [0.2, 0.25) is 0 Å². The Morgan fingerprint density at radius 2 is 1.19 bits per heavy atom. The molecule has 0 aliphatic rings. The van der Waals surface area contributed by atoms with Crippen molar-refractivity contribution in [1.82, 2.24) is 5.16 Å². The highest BCUT2D eigenvalue weighted by Crippen LogP contribution is 2.17. The van der Waals surface area contributed by atoms with Crippen molar-refractivity contribution < 1.29 is 22.5 Å². The van der Waals surface area contributed by atoms with E-state index in [0.29, 0.717) is 11.5 Å². The van der Waals surface area contributed by atoms with Crippen LogP contribution in [-0.4, -0.2) is 33.4 Å². The quantitative estimate of drug-likeness (QED) is 0.402. The molecule has 1 aromatic heterocycles. The number of aromatic nitrogens is 1. The molecule has 6 nitrogen and oxygen atoms in total. The standard InChI is InChI=1S/C11H10.C6H9NO3S.3C2H6.2CH2O/c1-9-6-7-10-4-2-3-5-11(10)8-9;1-4-6(11(3,8)9)5(2)10-7-4;5*1-2/h2-8H,1H3;1-3H3;3*1-2H3;2*1H2. The molecule has 3 rings (SSSR count). The molecular formula is C25H41NO5S. The molecule has 0 radical (unpaired) electrons. The molecule has 0 atom stereocenters. The summed E-state index contributed by atoms with van der Waals surface area (Å²) in [5.74, 6) is 0.352. The van der Waals surface area contributed by atoms with Crippen LogP contribution in [0.5, 0.6) is 0 Å². The molecule has 0 amide bonds. The zero-order valence-electron chi connectivity index (χ0n) is 21.4. The van der Waals surface area contributed by atoms with E-state index in [1.54, 1.807) is 13.8 Å². The van der Waals surface area contributed by atoms with E-state index in [-0.39, 0.29) is 4.90 Å². The predicted molar refractivity (Wildman–Crippen MR) is 136 cm³/mol. The summed E-state index contributed by atoms with van der Waals surface area (Å²) in [5, 5.41) is 6.17. The van der Waals surface area contributed by atoms with Gasteiger partial charge in [0, 0.05) is 6.26 Å². The highest BCUT2D eigenvalue weighted by molar-refractivity contribution is 7.90. The zero-order chi connectivity index (χ0) is 26.3. The lowest BCUT2D eigenvalue weighted by molar-refractivity contribution is -0.0987. The Morgan fingerprint density at radius 3 is 1.53 bits per heavy atom. The molecule has 0 unspecified atom stereocenters. The van der Waals surface area contributed by atoms with E-state index < -0.39 is 9.84 Å². The van der Waals surface area contributed by atoms with E-state index in [1.807, 2.05) is 55.1 Å². The van der Waals surface area contributed by atoms with Crippen LogP contribution in [0.25, 0.3) is 10.8 Å². The average molecular weight is 468 g/mol. The topological polar surface area (TPSA) is 94.3 Å². The minimum Gasteiger partial charge on any atom is -0.360 e. The van der Waals surface area contributed by atoms with Gasteiger partial charge in [0.25, 0.3) is 0 Å². The molecule has 0 aliphatic carbocycles. The summed E-state index contributed by atoms with van der Waals surface area (Å²) in [5.41, 5.74) is 1.74. The third-order valence-corrected chi connectivity index (χ3v) is 4.57. The van der Waals surface area contributed by atoms with Crippen LogP contribution in [-0.2, 0) is 19.4 Å². The van der Waals surface area contributed by atoms with E-state index in [9.17, 15) is 8.42 Å². The maximum Gasteiger partial charge on any atom is 0.180 e. The second kappa shape index (κ2) is 22.9. The molecule has 0 bridgehead atoms. The number of hydrogen-bond donors (Lipinski definition) is 0. The van der Waals surface area contributed by atoms with Gasteiger partial charge in [-0.05, 0) is 31.5 Å². The number of hydrogen-bond acceptors (Lipinski definition) is 6. The summed E-state index contributed by atoms with van der Waals surface area (Å²) >= 11 is 0. The minimum atomic E-state index is -3.18. The summed E-state index contributed by atoms with van der Waals surface area (Å²) in [6.45, 7) is 21.3. The predicted octanol–water partition coefficient (Wildman–Crippen LogP) is 6.55. The molecule has 0 fully saturated rings. The fraction of sp³-hybridized carbons (Fsp3) is 0.400. The molecule has 32 heavy (non-hydrogen) atoms. The number of benzene rings is 2. The van der Waals surface area contributed by atoms with Crippen molar-refractivity contribution in [2.24, 2.45) is 0 Å². The SMILES string of the molecule is C=O.C=O.CC.CC.CC.Cc1ccc2ccccc2c1.Cc1noc(C)c1S(C)(=O)=O. The van der Waals surface area contributed by atoms with E-state index in [1.165, 1.54) is 16.3 Å². The molecule has 182 valence electrons. The average Bonchev–Trinajstić information content (AvgIpc) is 3.19. The lowest BCUT2D eigenvalue weighted by Crippen LogP contribution is -1.99. The minimum absolute atomic E-state index is 0.206. The first-order chi connectivity index (χ1) is 15.3. The summed E-state index contributed by atoms with van der Waals surface area (Å²) in [4.78, 5) is 16.2. The first kappa shape index (κ1) is 36.6. The Balaban J connectivity index is -0.000000177. The molecule has 0 N–H and O–H groups in total. The van der Waals surface area contributed by atoms with Crippen molar-refractivity contribution in [3.63, 3.8) is 0 Å². The summed E-state index contributed by atoms with van der Waals surface area (Å²) in [6, 6.07) is 14.9. The van der Waals surface area contributed by atoms with E-state index in [0.717, 1.165) is 6.26 Å². The fourth-order valence-electron chi connectivity index (χ4n) is 2.31. The van der Waals surface area contributed by atoms with Crippen LogP contribution >= 0.6 is 0 Å². The van der Waals surface area contributed by atoms with Crippen molar-refractivity contribution in [2.75, 3.05) is 6.26 Å². The number of nitrogens with zero attached hydrogens (tertiary/aromatic N) is 1. The van der Waals surface area contributed by atoms with Gasteiger partial charge in [0.1, 0.15) is 18.5 Å². The Bertz CT molecular complexity index is 913. The second-order valence-electron chi connectivity index (χ2n) is 5.28. The molecule has 7 heteroatoms. The highest BCUT2D eigenvalue weighted by atomic mass is 32.2. The highest BCUT2D eigenvalue weighted by Gasteiger charge is 2.18. The van der Waals surface area contributed by atoms with Crippen molar-refractivity contribution in [1.29, 1.82) is 0 Å². The Hall–Kier alpha value is -2.80. The van der Waals surface area contributed by atoms with E-state index >= 15 is 0 Å². The zero-order valence-corrected chi connectivity index (χ0v) is 22.2. The van der Waals surface area contributed by atoms with Crippen LogP contribution in [0.4, 0.5) is 0 Å².